The number of pyridine rings is 1. The predicted molar refractivity (Wildman–Crippen MR) is 109 cm³/mol. The van der Waals surface area contributed by atoms with E-state index in [1.807, 2.05) is 27.8 Å². The fraction of sp³-hybridized carbons (Fsp3) is 0.524. The molecule has 2 amide bonds. The average Bonchev–Trinajstić information content (AvgIpc) is 3.02. The Kier molecular flexibility index (Phi) is 5.14. The monoisotopic (exact) mass is 433 g/mol. The zero-order chi connectivity index (χ0) is 21.7. The maximum absolute atomic E-state index is 13.6. The van der Waals surface area contributed by atoms with E-state index >= 15 is 0 Å². The van der Waals surface area contributed by atoms with Crippen LogP contribution < -0.4 is 5.32 Å². The smallest absolute Gasteiger partial charge is 0.414 e. The second-order valence-electron chi connectivity index (χ2n) is 9.28. The van der Waals surface area contributed by atoms with Gasteiger partial charge in [0, 0.05) is 29.3 Å². The van der Waals surface area contributed by atoms with E-state index < -0.39 is 11.4 Å². The Balaban J connectivity index is 1.34. The summed E-state index contributed by atoms with van der Waals surface area (Å²) < 4.78 is 19.5. The van der Waals surface area contributed by atoms with Gasteiger partial charge >= 0.3 is 6.09 Å². The first kappa shape index (κ1) is 20.9. The van der Waals surface area contributed by atoms with Gasteiger partial charge in [0.25, 0.3) is 5.91 Å². The molecule has 1 saturated carbocycles. The van der Waals surface area contributed by atoms with Gasteiger partial charge in [0.2, 0.25) is 0 Å². The first-order valence-electron chi connectivity index (χ1n) is 9.98. The van der Waals surface area contributed by atoms with Crippen LogP contribution in [-0.4, -0.2) is 52.2 Å². The van der Waals surface area contributed by atoms with Gasteiger partial charge in [-0.3, -0.25) is 9.78 Å². The van der Waals surface area contributed by atoms with Gasteiger partial charge < -0.3 is 10.1 Å². The predicted octanol–water partition coefficient (Wildman–Crippen LogP) is 3.33. The van der Waals surface area contributed by atoms with Crippen molar-refractivity contribution in [2.24, 2.45) is 11.8 Å². The minimum absolute atomic E-state index is 0.0127. The molecule has 2 aromatic heterocycles. The van der Waals surface area contributed by atoms with Crippen LogP contribution in [0.15, 0.2) is 23.7 Å². The van der Waals surface area contributed by atoms with Gasteiger partial charge in [-0.25, -0.2) is 13.9 Å². The van der Waals surface area contributed by atoms with Crippen LogP contribution in [0.4, 0.5) is 9.18 Å². The standard InChI is InChI=1S/C21H25FN4O3S/c1-21(2,3)29-20(28)26(4)9-12-13(10-26)17(12)19-25-16(11-30-19)18(27)24-8-15-14(22)6-5-7-23-15/h5-7,11-13,17H,8-10H2,1-4H3/p+1/t12-,13+,17?,26?. The summed E-state index contributed by atoms with van der Waals surface area (Å²) in [5.41, 5.74) is 0.0261. The molecule has 2 aliphatic rings. The van der Waals surface area contributed by atoms with Gasteiger partial charge in [-0.1, -0.05) is 0 Å². The number of fused-ring (bicyclic) bond motifs is 1. The minimum atomic E-state index is -0.500. The lowest BCUT2D eigenvalue weighted by atomic mass is 10.2. The summed E-state index contributed by atoms with van der Waals surface area (Å²) in [7, 11) is 1.93. The number of amides is 2. The van der Waals surface area contributed by atoms with E-state index in [1.165, 1.54) is 29.7 Å². The second-order valence-corrected chi connectivity index (χ2v) is 10.2. The van der Waals surface area contributed by atoms with Gasteiger partial charge in [-0.05, 0) is 32.9 Å². The van der Waals surface area contributed by atoms with E-state index in [0.717, 1.165) is 18.1 Å². The highest BCUT2D eigenvalue weighted by molar-refractivity contribution is 7.10. The van der Waals surface area contributed by atoms with Gasteiger partial charge in [0.15, 0.2) is 0 Å². The molecule has 2 fully saturated rings. The lowest BCUT2D eigenvalue weighted by molar-refractivity contribution is -0.831. The van der Waals surface area contributed by atoms with Crippen molar-refractivity contribution in [2.75, 3.05) is 20.1 Å². The molecule has 0 spiro atoms. The van der Waals surface area contributed by atoms with E-state index in [2.05, 4.69) is 15.3 Å². The van der Waals surface area contributed by atoms with Crippen molar-refractivity contribution in [1.29, 1.82) is 0 Å². The van der Waals surface area contributed by atoms with Crippen LogP contribution >= 0.6 is 11.3 Å². The molecule has 1 saturated heterocycles. The minimum Gasteiger partial charge on any atom is -0.414 e. The van der Waals surface area contributed by atoms with Crippen LogP contribution in [0.2, 0.25) is 0 Å². The van der Waals surface area contributed by atoms with Crippen LogP contribution in [-0.2, 0) is 11.3 Å². The topological polar surface area (TPSA) is 81.2 Å². The van der Waals surface area contributed by atoms with Crippen LogP contribution in [0.1, 0.15) is 47.9 Å². The lowest BCUT2D eigenvalue weighted by Crippen LogP contribution is -2.51. The molecule has 9 heteroatoms. The van der Waals surface area contributed by atoms with Crippen molar-refractivity contribution < 1.29 is 23.2 Å². The number of carbonyl (C=O) groups excluding carboxylic acids is 2. The number of quaternary nitrogens is 1. The molecule has 4 rings (SSSR count). The quantitative estimate of drug-likeness (QED) is 0.748. The summed E-state index contributed by atoms with van der Waals surface area (Å²) in [6.45, 7) is 7.09. The number of likely N-dealkylation sites (tertiary alicyclic amines) is 1. The number of halogens is 1. The molecule has 0 bridgehead atoms. The summed E-state index contributed by atoms with van der Waals surface area (Å²) in [6, 6.07) is 2.82. The SMILES string of the molecule is CC(C)(C)OC(=O)[N+]1(C)C[C@@H]2C(c3nc(C(=O)NCc4ncccc4F)cs3)[C@@H]2C1. The Hall–Kier alpha value is -2.39. The molecule has 2 unspecified atom stereocenters. The molecular weight excluding hydrogens is 407 g/mol. The van der Waals surface area contributed by atoms with E-state index in [9.17, 15) is 14.0 Å². The summed E-state index contributed by atoms with van der Waals surface area (Å²) in [4.78, 5) is 33.4. The lowest BCUT2D eigenvalue weighted by Gasteiger charge is -2.31. The van der Waals surface area contributed by atoms with E-state index in [4.69, 9.17) is 4.74 Å². The molecule has 160 valence electrons. The summed E-state index contributed by atoms with van der Waals surface area (Å²) in [5, 5.41) is 5.32. The van der Waals surface area contributed by atoms with Crippen molar-refractivity contribution in [3.8, 4) is 0 Å². The average molecular weight is 434 g/mol. The molecule has 1 aliphatic carbocycles. The molecular formula is C21H26FN4O3S+. The van der Waals surface area contributed by atoms with Crippen LogP contribution in [0.5, 0.6) is 0 Å². The van der Waals surface area contributed by atoms with E-state index in [-0.39, 0.29) is 28.7 Å². The Morgan fingerprint density at radius 1 is 1.33 bits per heavy atom. The molecule has 3 heterocycles. The maximum atomic E-state index is 13.6. The number of rotatable bonds is 4. The van der Waals surface area contributed by atoms with Crippen molar-refractivity contribution in [2.45, 2.75) is 38.8 Å². The third kappa shape index (κ3) is 4.09. The fourth-order valence-corrected chi connectivity index (χ4v) is 5.23. The van der Waals surface area contributed by atoms with Crippen LogP contribution in [0, 0.1) is 17.7 Å². The zero-order valence-electron chi connectivity index (χ0n) is 17.5. The van der Waals surface area contributed by atoms with Crippen molar-refractivity contribution in [1.82, 2.24) is 15.3 Å². The number of piperidine rings is 1. The van der Waals surface area contributed by atoms with E-state index in [0.29, 0.717) is 23.4 Å². The third-order valence-corrected chi connectivity index (χ3v) is 6.63. The number of thiazole rings is 1. The zero-order valence-corrected chi connectivity index (χ0v) is 18.3. The largest absolute Gasteiger partial charge is 0.516 e. The summed E-state index contributed by atoms with van der Waals surface area (Å²) in [5.74, 6) is 0.259. The Labute approximate surface area is 178 Å². The first-order valence-corrected chi connectivity index (χ1v) is 10.9. The highest BCUT2D eigenvalue weighted by atomic mass is 32.1. The number of aromatic nitrogens is 2. The summed E-state index contributed by atoms with van der Waals surface area (Å²) >= 11 is 1.46. The third-order valence-electron chi connectivity index (χ3n) is 5.68. The second kappa shape index (κ2) is 7.39. The first-order chi connectivity index (χ1) is 14.1. The molecule has 1 aliphatic heterocycles. The van der Waals surface area contributed by atoms with E-state index in [1.54, 1.807) is 5.38 Å². The van der Waals surface area contributed by atoms with Gasteiger partial charge in [0.1, 0.15) is 17.1 Å². The van der Waals surface area contributed by atoms with Crippen molar-refractivity contribution >= 4 is 23.3 Å². The van der Waals surface area contributed by atoms with Gasteiger partial charge in [-0.15, -0.1) is 11.3 Å². The molecule has 2 aromatic rings. The van der Waals surface area contributed by atoms with Crippen LogP contribution in [0.25, 0.3) is 0 Å². The highest BCUT2D eigenvalue weighted by Crippen LogP contribution is 2.60. The fourth-order valence-electron chi connectivity index (χ4n) is 4.18. The Morgan fingerprint density at radius 2 is 2.03 bits per heavy atom. The molecule has 4 atom stereocenters. The number of nitrogens with one attached hydrogen (secondary N) is 1. The molecule has 0 aromatic carbocycles. The van der Waals surface area contributed by atoms with Crippen molar-refractivity contribution in [3.05, 3.63) is 45.9 Å². The van der Waals surface area contributed by atoms with Crippen LogP contribution in [0.3, 0.4) is 0 Å². The molecule has 30 heavy (non-hydrogen) atoms. The normalized spacial score (nSPS) is 27.4. The number of hydrogen-bond acceptors (Lipinski definition) is 6. The summed E-state index contributed by atoms with van der Waals surface area (Å²) in [6.07, 6.45) is 1.30. The highest BCUT2D eigenvalue weighted by Gasteiger charge is 2.66. The molecule has 0 radical (unpaired) electrons. The number of hydrogen-bond donors (Lipinski definition) is 1. The number of ether oxygens (including phenoxy) is 1. The molecule has 7 nitrogen and oxygen atoms in total. The van der Waals surface area contributed by atoms with Gasteiger partial charge in [-0.2, -0.15) is 4.79 Å². The molecule has 1 N–H and O–H groups in total. The van der Waals surface area contributed by atoms with Crippen molar-refractivity contribution in [3.63, 3.8) is 0 Å². The van der Waals surface area contributed by atoms with Gasteiger partial charge in [0.05, 0.1) is 37.4 Å². The number of nitrogens with zero attached hydrogens (tertiary/aromatic N) is 3. The Bertz CT molecular complexity index is 975. The maximum Gasteiger partial charge on any atom is 0.516 e. The Morgan fingerprint density at radius 3 is 2.67 bits per heavy atom. The number of carbonyl (C=O) groups is 2.